The van der Waals surface area contributed by atoms with Crippen molar-refractivity contribution >= 4 is 28.9 Å². The molecule has 0 saturated heterocycles. The molecule has 1 aromatic heterocycles. The average molecular weight is 413 g/mol. The minimum absolute atomic E-state index is 0.0251. The van der Waals surface area contributed by atoms with Crippen LogP contribution >= 0.6 is 22.9 Å². The van der Waals surface area contributed by atoms with Gasteiger partial charge in [-0.15, -0.1) is 22.9 Å². The van der Waals surface area contributed by atoms with Crippen molar-refractivity contribution in [2.24, 2.45) is 11.8 Å². The van der Waals surface area contributed by atoms with E-state index in [0.717, 1.165) is 30.6 Å². The van der Waals surface area contributed by atoms with Crippen LogP contribution < -0.4 is 0 Å². The van der Waals surface area contributed by atoms with Gasteiger partial charge >= 0.3 is 5.97 Å². The second-order valence-electron chi connectivity index (χ2n) is 7.65. The van der Waals surface area contributed by atoms with Gasteiger partial charge in [-0.2, -0.15) is 0 Å². The smallest absolute Gasteiger partial charge is 0.345 e. The molecule has 1 aromatic rings. The Kier molecular flexibility index (Phi) is 9.88. The number of aromatic carboxylic acids is 1. The lowest BCUT2D eigenvalue weighted by Gasteiger charge is -2.20. The summed E-state index contributed by atoms with van der Waals surface area (Å²) in [5, 5.41) is 19.4. The Hall–Kier alpha value is -0.840. The van der Waals surface area contributed by atoms with E-state index in [2.05, 4.69) is 19.1 Å². The molecule has 27 heavy (non-hydrogen) atoms. The summed E-state index contributed by atoms with van der Waals surface area (Å²) in [7, 11) is 0. The van der Waals surface area contributed by atoms with Crippen LogP contribution in [0.4, 0.5) is 0 Å². The first-order chi connectivity index (χ1) is 13.0. The number of hydrogen-bond acceptors (Lipinski definition) is 3. The summed E-state index contributed by atoms with van der Waals surface area (Å²) in [5.74, 6) is -0.399. The molecule has 0 unspecified atom stereocenters. The lowest BCUT2D eigenvalue weighted by Crippen LogP contribution is -2.18. The van der Waals surface area contributed by atoms with Gasteiger partial charge < -0.3 is 10.2 Å². The fourth-order valence-corrected chi connectivity index (χ4v) is 5.36. The Morgan fingerprint density at radius 1 is 1.26 bits per heavy atom. The number of carboxylic acid groups (broad SMARTS) is 1. The topological polar surface area (TPSA) is 57.5 Å². The van der Waals surface area contributed by atoms with Crippen LogP contribution in [0.5, 0.6) is 0 Å². The summed E-state index contributed by atoms with van der Waals surface area (Å²) < 4.78 is 0. The minimum atomic E-state index is -0.856. The van der Waals surface area contributed by atoms with Crippen molar-refractivity contribution < 1.29 is 15.0 Å². The number of rotatable bonds is 12. The molecule has 0 aromatic carbocycles. The van der Waals surface area contributed by atoms with E-state index in [9.17, 15) is 9.90 Å². The maximum absolute atomic E-state index is 11.0. The number of aliphatic hydroxyl groups excluding tert-OH is 1. The number of carbonyl (C=O) groups is 1. The fraction of sp³-hybridized carbons (Fsp3) is 0.682. The first-order valence-corrected chi connectivity index (χ1v) is 11.6. The number of allylic oxidation sites excluding steroid dienone is 1. The van der Waals surface area contributed by atoms with E-state index >= 15 is 0 Å². The zero-order valence-electron chi connectivity index (χ0n) is 16.3. The Balaban J connectivity index is 1.77. The zero-order valence-corrected chi connectivity index (χ0v) is 17.9. The molecule has 2 N–H and O–H groups in total. The van der Waals surface area contributed by atoms with Gasteiger partial charge in [0.2, 0.25) is 0 Å². The van der Waals surface area contributed by atoms with Crippen molar-refractivity contribution in [2.45, 2.75) is 82.6 Å². The van der Waals surface area contributed by atoms with Gasteiger partial charge in [-0.3, -0.25) is 0 Å². The molecule has 5 heteroatoms. The van der Waals surface area contributed by atoms with E-state index in [1.807, 2.05) is 6.07 Å². The van der Waals surface area contributed by atoms with Gasteiger partial charge in [0.1, 0.15) is 4.88 Å². The van der Waals surface area contributed by atoms with Gasteiger partial charge in [-0.1, -0.05) is 44.8 Å². The number of aliphatic hydroxyl groups is 1. The van der Waals surface area contributed by atoms with Gasteiger partial charge in [-0.05, 0) is 56.6 Å². The van der Waals surface area contributed by atoms with Gasteiger partial charge in [0.25, 0.3) is 0 Å². The summed E-state index contributed by atoms with van der Waals surface area (Å²) in [5.41, 5.74) is 0. The SMILES string of the molecule is CCCCCCCC=C[C@@H]1[C@@H](CCCc2ccc(C(=O)O)s2)[C@H](Cl)C[C@H]1O. The van der Waals surface area contributed by atoms with Crippen LogP contribution in [0.3, 0.4) is 0 Å². The average Bonchev–Trinajstić information content (AvgIpc) is 3.20. The van der Waals surface area contributed by atoms with Crippen molar-refractivity contribution in [2.75, 3.05) is 0 Å². The van der Waals surface area contributed by atoms with E-state index in [1.165, 1.54) is 43.4 Å². The molecule has 2 rings (SSSR count). The maximum atomic E-state index is 11.0. The first-order valence-electron chi connectivity index (χ1n) is 10.3. The molecule has 0 amide bonds. The van der Waals surface area contributed by atoms with E-state index in [4.69, 9.17) is 16.7 Å². The molecule has 1 fully saturated rings. The predicted molar refractivity (Wildman–Crippen MR) is 114 cm³/mol. The lowest BCUT2D eigenvalue weighted by molar-refractivity contribution is 0.0702. The largest absolute Gasteiger partial charge is 0.477 e. The highest BCUT2D eigenvalue weighted by molar-refractivity contribution is 7.13. The number of unbranched alkanes of at least 4 members (excludes halogenated alkanes) is 5. The molecule has 1 aliphatic rings. The summed E-state index contributed by atoms with van der Waals surface area (Å²) in [6.07, 6.45) is 15.1. The van der Waals surface area contributed by atoms with Crippen LogP contribution in [0, 0.1) is 11.8 Å². The zero-order chi connectivity index (χ0) is 19.6. The molecule has 1 heterocycles. The Morgan fingerprint density at radius 2 is 2.04 bits per heavy atom. The number of thiophene rings is 1. The molecule has 3 nitrogen and oxygen atoms in total. The van der Waals surface area contributed by atoms with Crippen LogP contribution in [0.2, 0.25) is 0 Å². The minimum Gasteiger partial charge on any atom is -0.477 e. The van der Waals surface area contributed by atoms with Crippen molar-refractivity contribution in [1.29, 1.82) is 0 Å². The summed E-state index contributed by atoms with van der Waals surface area (Å²) in [6.45, 7) is 2.23. The summed E-state index contributed by atoms with van der Waals surface area (Å²) in [6, 6.07) is 3.59. The van der Waals surface area contributed by atoms with Gasteiger partial charge in [0.05, 0.1) is 6.10 Å². The van der Waals surface area contributed by atoms with Crippen LogP contribution in [-0.4, -0.2) is 27.7 Å². The number of hydrogen-bond donors (Lipinski definition) is 2. The molecule has 1 saturated carbocycles. The van der Waals surface area contributed by atoms with Crippen LogP contribution in [0.15, 0.2) is 24.3 Å². The lowest BCUT2D eigenvalue weighted by atomic mass is 9.89. The van der Waals surface area contributed by atoms with Gasteiger partial charge in [0.15, 0.2) is 0 Å². The van der Waals surface area contributed by atoms with Crippen LogP contribution in [-0.2, 0) is 6.42 Å². The van der Waals surface area contributed by atoms with Crippen molar-refractivity contribution in [3.05, 3.63) is 34.0 Å². The molecule has 0 bridgehead atoms. The highest BCUT2D eigenvalue weighted by atomic mass is 35.5. The van der Waals surface area contributed by atoms with Crippen molar-refractivity contribution in [1.82, 2.24) is 0 Å². The van der Waals surface area contributed by atoms with Gasteiger partial charge in [0, 0.05) is 16.2 Å². The molecule has 0 spiro atoms. The molecular weight excluding hydrogens is 380 g/mol. The maximum Gasteiger partial charge on any atom is 0.345 e. The highest BCUT2D eigenvalue weighted by Gasteiger charge is 2.39. The molecular formula is C22H33ClO3S. The number of carboxylic acids is 1. The van der Waals surface area contributed by atoms with E-state index in [-0.39, 0.29) is 17.4 Å². The third-order valence-electron chi connectivity index (χ3n) is 5.54. The van der Waals surface area contributed by atoms with Gasteiger partial charge in [-0.25, -0.2) is 4.79 Å². The standard InChI is InChI=1S/C22H33ClO3S/c1-2-3-4-5-6-7-8-11-18-17(19(23)15-20(18)24)12-9-10-16-13-14-21(27-16)22(25)26/h8,11,13-14,17-20,24H,2-7,9-10,12,15H2,1H3,(H,25,26)/t17-,18-,19-,20-/m1/s1. The second kappa shape index (κ2) is 11.9. The Morgan fingerprint density at radius 3 is 2.74 bits per heavy atom. The molecule has 4 atom stereocenters. The third kappa shape index (κ3) is 7.24. The van der Waals surface area contributed by atoms with E-state index in [0.29, 0.717) is 17.2 Å². The number of aryl methyl sites for hydroxylation is 1. The van der Waals surface area contributed by atoms with Crippen molar-refractivity contribution in [3.63, 3.8) is 0 Å². The van der Waals surface area contributed by atoms with E-state index < -0.39 is 5.97 Å². The predicted octanol–water partition coefficient (Wildman–Crippen LogP) is 6.29. The first kappa shape index (κ1) is 22.4. The highest BCUT2D eigenvalue weighted by Crippen LogP contribution is 2.40. The monoisotopic (exact) mass is 412 g/mol. The second-order valence-corrected chi connectivity index (χ2v) is 9.38. The molecule has 0 aliphatic heterocycles. The molecule has 1 aliphatic carbocycles. The summed E-state index contributed by atoms with van der Waals surface area (Å²) in [4.78, 5) is 12.5. The third-order valence-corrected chi connectivity index (χ3v) is 7.17. The van der Waals surface area contributed by atoms with Crippen molar-refractivity contribution in [3.8, 4) is 0 Å². The Bertz CT molecular complexity index is 598. The molecule has 152 valence electrons. The fourth-order valence-electron chi connectivity index (χ4n) is 3.99. The van der Waals surface area contributed by atoms with E-state index in [1.54, 1.807) is 6.07 Å². The number of alkyl halides is 1. The summed E-state index contributed by atoms with van der Waals surface area (Å²) >= 11 is 7.88. The number of halogens is 1. The Labute approximate surface area is 172 Å². The van der Waals surface area contributed by atoms with Crippen LogP contribution in [0.1, 0.15) is 79.3 Å². The molecule has 0 radical (unpaired) electrons. The van der Waals surface area contributed by atoms with Crippen LogP contribution in [0.25, 0.3) is 0 Å². The normalized spacial score (nSPS) is 25.4. The quantitative estimate of drug-likeness (QED) is 0.241.